The summed E-state index contributed by atoms with van der Waals surface area (Å²) in [6.07, 6.45) is 2.14. The molecule has 0 saturated heterocycles. The van der Waals surface area contributed by atoms with Crippen LogP contribution in [0.1, 0.15) is 53.4 Å². The molecule has 0 bridgehead atoms. The van der Waals surface area contributed by atoms with Crippen molar-refractivity contribution < 1.29 is 15.1 Å². The predicted molar refractivity (Wildman–Crippen MR) is 124 cm³/mol. The molecule has 0 aliphatic carbocycles. The van der Waals surface area contributed by atoms with Gasteiger partial charge >= 0.3 is 0 Å². The van der Waals surface area contributed by atoms with E-state index < -0.39 is 0 Å². The fraction of sp³-hybridized carbons (Fsp3) is 0.458. The first-order valence-electron chi connectivity index (χ1n) is 11.2. The molecule has 1 atom stereocenters. The summed E-state index contributed by atoms with van der Waals surface area (Å²) in [5.41, 5.74) is 8.75. The van der Waals surface area contributed by atoms with E-state index in [4.69, 9.17) is 9.83 Å². The minimum atomic E-state index is -0.357. The van der Waals surface area contributed by atoms with E-state index in [1.165, 1.54) is 11.1 Å². The van der Waals surface area contributed by atoms with Crippen molar-refractivity contribution in [3.05, 3.63) is 57.8 Å². The topological polar surface area (TPSA) is 126 Å². The SMILES string of the molecule is Cc1c(C2N=C(c3cnc(NC(C)C)c(C#N)c3)ON2)ccc2c1CCN(C(CO)CO)C2. The van der Waals surface area contributed by atoms with Gasteiger partial charge in [0.05, 0.1) is 30.4 Å². The Balaban J connectivity index is 1.56. The maximum Gasteiger partial charge on any atom is 0.244 e. The van der Waals surface area contributed by atoms with Crippen LogP contribution < -0.4 is 10.8 Å². The number of aliphatic hydroxyl groups excluding tert-OH is 2. The van der Waals surface area contributed by atoms with E-state index >= 15 is 0 Å². The minimum Gasteiger partial charge on any atom is -0.395 e. The number of aliphatic hydroxyl groups is 2. The van der Waals surface area contributed by atoms with Crippen LogP contribution in [0.25, 0.3) is 0 Å². The predicted octanol–water partition coefficient (Wildman–Crippen LogP) is 1.77. The fourth-order valence-corrected chi connectivity index (χ4v) is 4.38. The first-order valence-corrected chi connectivity index (χ1v) is 11.2. The molecule has 1 aromatic heterocycles. The van der Waals surface area contributed by atoms with Crippen LogP contribution in [0.3, 0.4) is 0 Å². The van der Waals surface area contributed by atoms with Crippen LogP contribution in [0.4, 0.5) is 5.82 Å². The number of fused-ring (bicyclic) bond motifs is 1. The molecule has 174 valence electrons. The third kappa shape index (κ3) is 4.70. The van der Waals surface area contributed by atoms with Crippen molar-refractivity contribution in [3.8, 4) is 6.07 Å². The van der Waals surface area contributed by atoms with Crippen molar-refractivity contribution in [1.82, 2.24) is 15.4 Å². The van der Waals surface area contributed by atoms with E-state index in [1.807, 2.05) is 19.9 Å². The van der Waals surface area contributed by atoms with Gasteiger partial charge in [-0.25, -0.2) is 9.98 Å². The molecule has 33 heavy (non-hydrogen) atoms. The highest BCUT2D eigenvalue weighted by atomic mass is 16.7. The first-order chi connectivity index (χ1) is 15.9. The lowest BCUT2D eigenvalue weighted by Gasteiger charge is -2.35. The molecule has 0 saturated carbocycles. The van der Waals surface area contributed by atoms with Crippen LogP contribution in [-0.4, -0.2) is 57.8 Å². The summed E-state index contributed by atoms with van der Waals surface area (Å²) in [7, 11) is 0. The summed E-state index contributed by atoms with van der Waals surface area (Å²) in [5.74, 6) is 0.945. The van der Waals surface area contributed by atoms with Crippen LogP contribution in [0.15, 0.2) is 29.4 Å². The highest BCUT2D eigenvalue weighted by molar-refractivity contribution is 5.95. The maximum atomic E-state index is 9.51. The second-order valence-electron chi connectivity index (χ2n) is 8.74. The molecule has 3 heterocycles. The molecule has 1 unspecified atom stereocenters. The zero-order valence-corrected chi connectivity index (χ0v) is 19.2. The highest BCUT2D eigenvalue weighted by Gasteiger charge is 2.28. The number of anilines is 1. The molecule has 4 N–H and O–H groups in total. The molecule has 0 fully saturated rings. The summed E-state index contributed by atoms with van der Waals surface area (Å²) in [4.78, 5) is 16.9. The number of hydrogen-bond donors (Lipinski definition) is 4. The van der Waals surface area contributed by atoms with Gasteiger partial charge in [0.15, 0.2) is 6.17 Å². The van der Waals surface area contributed by atoms with Gasteiger partial charge in [-0.15, -0.1) is 5.48 Å². The fourth-order valence-electron chi connectivity index (χ4n) is 4.38. The molecule has 2 aromatic rings. The standard InChI is InChI=1S/C24H30N6O3/c1-14(2)27-22-17(9-25)8-18(10-26-22)24-28-23(29-33-24)21-5-4-16-11-30(19(12-31)13-32)7-6-20(16)15(21)3/h4-5,8,10,14,19,23,29,31-32H,6-7,11-13H2,1-3H3,(H,26,27). The van der Waals surface area contributed by atoms with E-state index in [0.717, 1.165) is 24.1 Å². The maximum absolute atomic E-state index is 9.51. The Hall–Kier alpha value is -3.03. The highest BCUT2D eigenvalue weighted by Crippen LogP contribution is 2.31. The van der Waals surface area contributed by atoms with Crippen molar-refractivity contribution in [3.63, 3.8) is 0 Å². The Morgan fingerprint density at radius 3 is 2.82 bits per heavy atom. The molecular weight excluding hydrogens is 420 g/mol. The van der Waals surface area contributed by atoms with Gasteiger partial charge in [0.1, 0.15) is 11.9 Å². The van der Waals surface area contributed by atoms with Gasteiger partial charge in [0.25, 0.3) is 0 Å². The molecule has 9 nitrogen and oxygen atoms in total. The Morgan fingerprint density at radius 2 is 2.12 bits per heavy atom. The molecule has 0 amide bonds. The van der Waals surface area contributed by atoms with E-state index in [0.29, 0.717) is 29.4 Å². The average molecular weight is 451 g/mol. The Morgan fingerprint density at radius 1 is 1.33 bits per heavy atom. The molecule has 4 rings (SSSR count). The smallest absolute Gasteiger partial charge is 0.244 e. The van der Waals surface area contributed by atoms with Crippen molar-refractivity contribution in [2.75, 3.05) is 25.1 Å². The lowest BCUT2D eigenvalue weighted by Crippen LogP contribution is -2.43. The Labute approximate surface area is 193 Å². The largest absolute Gasteiger partial charge is 0.395 e. The number of hydrogen-bond acceptors (Lipinski definition) is 9. The number of aliphatic imine (C=N–C) groups is 1. The number of aromatic nitrogens is 1. The average Bonchev–Trinajstić information content (AvgIpc) is 3.30. The molecule has 0 radical (unpaired) electrons. The number of rotatable bonds is 7. The molecule has 1 aromatic carbocycles. The van der Waals surface area contributed by atoms with Crippen molar-refractivity contribution in [2.45, 2.75) is 52.0 Å². The lowest BCUT2D eigenvalue weighted by molar-refractivity contribution is 0.0650. The third-order valence-electron chi connectivity index (χ3n) is 6.19. The summed E-state index contributed by atoms with van der Waals surface area (Å²) in [6, 6.07) is 7.98. The minimum absolute atomic E-state index is 0.0550. The van der Waals surface area contributed by atoms with E-state index in [9.17, 15) is 15.5 Å². The van der Waals surface area contributed by atoms with E-state index in [2.05, 4.69) is 39.7 Å². The van der Waals surface area contributed by atoms with Crippen LogP contribution >= 0.6 is 0 Å². The number of pyridine rings is 1. The van der Waals surface area contributed by atoms with E-state index in [-0.39, 0.29) is 31.5 Å². The number of nitriles is 1. The Kier molecular flexibility index (Phi) is 6.91. The molecule has 0 spiro atoms. The number of nitrogens with one attached hydrogen (secondary N) is 2. The molecule has 2 aliphatic heterocycles. The van der Waals surface area contributed by atoms with Gasteiger partial charge in [0, 0.05) is 25.3 Å². The van der Waals surface area contributed by atoms with Crippen LogP contribution in [0.2, 0.25) is 0 Å². The van der Waals surface area contributed by atoms with E-state index in [1.54, 1.807) is 12.3 Å². The van der Waals surface area contributed by atoms with Gasteiger partial charge < -0.3 is 20.4 Å². The van der Waals surface area contributed by atoms with Crippen LogP contribution in [0, 0.1) is 18.3 Å². The summed E-state index contributed by atoms with van der Waals surface area (Å²) < 4.78 is 0. The van der Waals surface area contributed by atoms with Gasteiger partial charge in [-0.05, 0) is 55.5 Å². The summed E-state index contributed by atoms with van der Waals surface area (Å²) >= 11 is 0. The monoisotopic (exact) mass is 450 g/mol. The van der Waals surface area contributed by atoms with Gasteiger partial charge in [-0.3, -0.25) is 4.90 Å². The van der Waals surface area contributed by atoms with Gasteiger partial charge in [-0.2, -0.15) is 5.26 Å². The second kappa shape index (κ2) is 9.85. The molecule has 9 heteroatoms. The van der Waals surface area contributed by atoms with Gasteiger partial charge in [0.2, 0.25) is 5.90 Å². The summed E-state index contributed by atoms with van der Waals surface area (Å²) in [6.45, 7) is 7.45. The third-order valence-corrected chi connectivity index (χ3v) is 6.19. The zero-order valence-electron chi connectivity index (χ0n) is 19.2. The second-order valence-corrected chi connectivity index (χ2v) is 8.74. The van der Waals surface area contributed by atoms with Gasteiger partial charge in [-0.1, -0.05) is 12.1 Å². The van der Waals surface area contributed by atoms with Crippen molar-refractivity contribution >= 4 is 11.7 Å². The summed E-state index contributed by atoms with van der Waals surface area (Å²) in [5, 5.41) is 31.7. The Bertz CT molecular complexity index is 1090. The van der Waals surface area contributed by atoms with Crippen LogP contribution in [0.5, 0.6) is 0 Å². The quantitative estimate of drug-likeness (QED) is 0.503. The number of nitrogens with zero attached hydrogens (tertiary/aromatic N) is 4. The van der Waals surface area contributed by atoms with Crippen molar-refractivity contribution in [2.24, 2.45) is 4.99 Å². The number of benzene rings is 1. The first kappa shape index (κ1) is 23.1. The normalized spacial score (nSPS) is 18.1. The van der Waals surface area contributed by atoms with Crippen LogP contribution in [-0.2, 0) is 17.8 Å². The number of hydroxylamine groups is 1. The molecular formula is C24H30N6O3. The lowest BCUT2D eigenvalue weighted by atomic mass is 9.90. The molecule has 2 aliphatic rings. The zero-order chi connectivity index (χ0) is 23.5. The van der Waals surface area contributed by atoms with Crippen molar-refractivity contribution in [1.29, 1.82) is 5.26 Å².